The van der Waals surface area contributed by atoms with Crippen LogP contribution < -0.4 is 9.80 Å². The molecule has 0 saturated carbocycles. The number of likely N-dealkylation sites (tertiary alicyclic amines) is 1. The number of rotatable bonds is 5. The van der Waals surface area contributed by atoms with Crippen molar-refractivity contribution in [1.29, 1.82) is 0 Å². The van der Waals surface area contributed by atoms with E-state index in [4.69, 9.17) is 16.3 Å². The summed E-state index contributed by atoms with van der Waals surface area (Å²) in [5.41, 5.74) is 0.594. The molecule has 6 atom stereocenters. The molecule has 2 saturated heterocycles. The van der Waals surface area contributed by atoms with Gasteiger partial charge in [-0.2, -0.15) is 0 Å². The first kappa shape index (κ1) is 27.6. The van der Waals surface area contributed by atoms with Gasteiger partial charge in [0.15, 0.2) is 0 Å². The van der Waals surface area contributed by atoms with Gasteiger partial charge in [0, 0.05) is 29.5 Å². The Hall–Kier alpha value is -4.24. The minimum atomic E-state index is -1.42. The molecule has 0 aliphatic carbocycles. The summed E-state index contributed by atoms with van der Waals surface area (Å²) in [6, 6.07) is 23.5. The Morgan fingerprint density at radius 1 is 0.814 bits per heavy atom. The number of para-hydroxylation sites is 1. The monoisotopic (exact) mass is 595 g/mol. The van der Waals surface area contributed by atoms with Crippen LogP contribution in [0.25, 0.3) is 0 Å². The highest BCUT2D eigenvalue weighted by atomic mass is 35.5. The molecule has 4 aliphatic rings. The number of hydrogen-bond acceptors (Lipinski definition) is 5. The molecule has 0 aromatic heterocycles. The lowest BCUT2D eigenvalue weighted by atomic mass is 9.77. The fraction of sp³-hybridized carbons (Fsp3) is 0.265. The SMILES string of the molecule is O=C1C2N([C@H](CO)c3ccccc3)C(=O)[C@@H]3[C@@H]4C(=O)N(c5ccccc5)CC=C[C@@H]4O[C@]23C=CCN1c1ccc(Cl)cc1. The number of amides is 3. The summed E-state index contributed by atoms with van der Waals surface area (Å²) in [5, 5.41) is 11.3. The average molecular weight is 596 g/mol. The van der Waals surface area contributed by atoms with E-state index < -0.39 is 48.1 Å². The third-order valence-electron chi connectivity index (χ3n) is 9.00. The van der Waals surface area contributed by atoms with Gasteiger partial charge in [-0.25, -0.2) is 0 Å². The van der Waals surface area contributed by atoms with Crippen molar-refractivity contribution in [3.63, 3.8) is 0 Å². The molecule has 4 aliphatic heterocycles. The zero-order chi connectivity index (χ0) is 29.7. The summed E-state index contributed by atoms with van der Waals surface area (Å²) in [5.74, 6) is -2.84. The van der Waals surface area contributed by atoms with E-state index >= 15 is 0 Å². The molecular weight excluding hydrogens is 566 g/mol. The maximum absolute atomic E-state index is 14.7. The first-order valence-corrected chi connectivity index (χ1v) is 14.8. The maximum Gasteiger partial charge on any atom is 0.253 e. The number of carbonyl (C=O) groups excluding carboxylic acids is 3. The summed E-state index contributed by atoms with van der Waals surface area (Å²) in [6.45, 7) is 0.162. The van der Waals surface area contributed by atoms with E-state index in [-0.39, 0.29) is 18.4 Å². The largest absolute Gasteiger partial charge is 0.394 e. The van der Waals surface area contributed by atoms with Crippen molar-refractivity contribution in [2.24, 2.45) is 11.8 Å². The van der Waals surface area contributed by atoms with Gasteiger partial charge in [0.2, 0.25) is 11.8 Å². The first-order valence-electron chi connectivity index (χ1n) is 14.4. The van der Waals surface area contributed by atoms with E-state index in [1.807, 2.05) is 78.9 Å². The van der Waals surface area contributed by atoms with E-state index in [2.05, 4.69) is 0 Å². The molecular formula is C34H30ClN3O5. The van der Waals surface area contributed by atoms with Crippen molar-refractivity contribution < 1.29 is 24.2 Å². The number of nitrogens with zero attached hydrogens (tertiary/aromatic N) is 3. The van der Waals surface area contributed by atoms with Crippen molar-refractivity contribution in [2.75, 3.05) is 29.5 Å². The smallest absolute Gasteiger partial charge is 0.253 e. The number of ether oxygens (including phenoxy) is 1. The van der Waals surface area contributed by atoms with Gasteiger partial charge in [-0.1, -0.05) is 84.4 Å². The van der Waals surface area contributed by atoms with Crippen LogP contribution in [-0.2, 0) is 19.1 Å². The number of aliphatic hydroxyl groups is 1. The number of anilines is 2. The Morgan fingerprint density at radius 2 is 1.44 bits per heavy atom. The molecule has 7 rings (SSSR count). The minimum absolute atomic E-state index is 0.237. The van der Waals surface area contributed by atoms with Crippen molar-refractivity contribution in [1.82, 2.24) is 4.90 Å². The molecule has 3 aromatic rings. The summed E-state index contributed by atoms with van der Waals surface area (Å²) in [6.07, 6.45) is 6.65. The highest BCUT2D eigenvalue weighted by molar-refractivity contribution is 6.30. The number of fused-ring (bicyclic) bond motifs is 2. The second-order valence-electron chi connectivity index (χ2n) is 11.2. The molecule has 3 amide bonds. The number of aliphatic hydroxyl groups excluding tert-OH is 1. The third kappa shape index (κ3) is 4.32. The fourth-order valence-corrected chi connectivity index (χ4v) is 7.26. The normalized spacial score (nSPS) is 28.8. The van der Waals surface area contributed by atoms with E-state index in [0.29, 0.717) is 22.8 Å². The Bertz CT molecular complexity index is 1610. The molecule has 0 bridgehead atoms. The molecule has 1 spiro atoms. The minimum Gasteiger partial charge on any atom is -0.394 e. The van der Waals surface area contributed by atoms with Gasteiger partial charge < -0.3 is 24.5 Å². The van der Waals surface area contributed by atoms with E-state index in [0.717, 1.165) is 5.69 Å². The van der Waals surface area contributed by atoms with Crippen LogP contribution in [0.2, 0.25) is 5.02 Å². The Balaban J connectivity index is 1.37. The van der Waals surface area contributed by atoms with Gasteiger partial charge in [0.1, 0.15) is 11.6 Å². The lowest BCUT2D eigenvalue weighted by Crippen LogP contribution is -2.56. The fourth-order valence-electron chi connectivity index (χ4n) is 7.13. The summed E-state index contributed by atoms with van der Waals surface area (Å²) < 4.78 is 6.77. The van der Waals surface area contributed by atoms with Crippen LogP contribution in [-0.4, -0.2) is 65.2 Å². The Morgan fingerprint density at radius 3 is 2.14 bits per heavy atom. The molecule has 218 valence electrons. The van der Waals surface area contributed by atoms with Crippen LogP contribution in [0.15, 0.2) is 109 Å². The quantitative estimate of drug-likeness (QED) is 0.448. The molecule has 1 N–H and O–H groups in total. The van der Waals surface area contributed by atoms with Gasteiger partial charge in [-0.15, -0.1) is 0 Å². The summed E-state index contributed by atoms with van der Waals surface area (Å²) in [7, 11) is 0. The van der Waals surface area contributed by atoms with Crippen molar-refractivity contribution in [3.8, 4) is 0 Å². The standard InChI is InChI=1S/C34H30ClN3O5/c35-23-14-16-25(17-15-23)37-20-8-18-34-29(28-27(43-34)13-7-19-36(31(28)40)24-11-5-2-6-12-24)32(41)38(30(34)33(37)42)26(21-39)22-9-3-1-4-10-22/h1-18,26-30,39H,19-21H2/t26-,27+,28-,29+,30?,34+/m1/s1. The van der Waals surface area contributed by atoms with Crippen LogP contribution in [0.3, 0.4) is 0 Å². The third-order valence-corrected chi connectivity index (χ3v) is 9.25. The highest BCUT2D eigenvalue weighted by Gasteiger charge is 2.72. The molecule has 9 heteroatoms. The Kier molecular flexibility index (Phi) is 6.92. The van der Waals surface area contributed by atoms with Crippen molar-refractivity contribution >= 4 is 40.7 Å². The highest BCUT2D eigenvalue weighted by Crippen LogP contribution is 2.55. The van der Waals surface area contributed by atoms with Crippen LogP contribution in [0.1, 0.15) is 11.6 Å². The van der Waals surface area contributed by atoms with Crippen LogP contribution >= 0.6 is 11.6 Å². The van der Waals surface area contributed by atoms with Gasteiger partial charge in [-0.3, -0.25) is 14.4 Å². The van der Waals surface area contributed by atoms with Crippen LogP contribution in [0.5, 0.6) is 0 Å². The van der Waals surface area contributed by atoms with Crippen LogP contribution in [0.4, 0.5) is 11.4 Å². The number of hydrogen-bond donors (Lipinski definition) is 1. The number of carbonyl (C=O) groups is 3. The second-order valence-corrected chi connectivity index (χ2v) is 11.7. The lowest BCUT2D eigenvalue weighted by molar-refractivity contribution is -0.144. The number of halogens is 1. The van der Waals surface area contributed by atoms with Crippen LogP contribution in [0, 0.1) is 11.8 Å². The van der Waals surface area contributed by atoms with Gasteiger partial charge >= 0.3 is 0 Å². The molecule has 3 aromatic carbocycles. The lowest BCUT2D eigenvalue weighted by Gasteiger charge is -2.38. The van der Waals surface area contributed by atoms with Gasteiger partial charge in [0.25, 0.3) is 5.91 Å². The van der Waals surface area contributed by atoms with Gasteiger partial charge in [0.05, 0.1) is 30.6 Å². The van der Waals surface area contributed by atoms with Crippen molar-refractivity contribution in [2.45, 2.75) is 23.8 Å². The number of benzene rings is 3. The average Bonchev–Trinajstić information content (AvgIpc) is 3.34. The summed E-state index contributed by atoms with van der Waals surface area (Å²) >= 11 is 6.14. The molecule has 2 fully saturated rings. The molecule has 8 nitrogen and oxygen atoms in total. The zero-order valence-corrected chi connectivity index (χ0v) is 24.0. The van der Waals surface area contributed by atoms with E-state index in [1.54, 1.807) is 40.1 Å². The topological polar surface area (TPSA) is 90.4 Å². The van der Waals surface area contributed by atoms with E-state index in [9.17, 15) is 19.5 Å². The zero-order valence-electron chi connectivity index (χ0n) is 23.2. The molecule has 43 heavy (non-hydrogen) atoms. The predicted octanol–water partition coefficient (Wildman–Crippen LogP) is 4.16. The second kappa shape index (κ2) is 10.8. The van der Waals surface area contributed by atoms with E-state index in [1.165, 1.54) is 4.90 Å². The Labute approximate surface area is 254 Å². The summed E-state index contributed by atoms with van der Waals surface area (Å²) in [4.78, 5) is 48.5. The van der Waals surface area contributed by atoms with Crippen molar-refractivity contribution in [3.05, 3.63) is 120 Å². The maximum atomic E-state index is 14.7. The molecule has 4 heterocycles. The first-order chi connectivity index (χ1) is 20.9. The van der Waals surface area contributed by atoms with Gasteiger partial charge in [-0.05, 0) is 42.0 Å². The predicted molar refractivity (Wildman–Crippen MR) is 162 cm³/mol. The molecule has 0 radical (unpaired) electrons. The molecule has 1 unspecified atom stereocenters.